The summed E-state index contributed by atoms with van der Waals surface area (Å²) in [5, 5.41) is 0. The first-order valence-corrected chi connectivity index (χ1v) is 15.6. The van der Waals surface area contributed by atoms with Gasteiger partial charge in [0.1, 0.15) is 0 Å². The monoisotopic (exact) mass is 486 g/mol. The molecule has 0 unspecified atom stereocenters. The van der Waals surface area contributed by atoms with E-state index < -0.39 is 17.5 Å². The molecule has 0 saturated heterocycles. The summed E-state index contributed by atoms with van der Waals surface area (Å²) in [5.41, 5.74) is 0. The Kier molecular flexibility index (Phi) is 14.0. The molecule has 0 amide bonds. The molecule has 1 aromatic carbocycles. The summed E-state index contributed by atoms with van der Waals surface area (Å²) >= 11 is 0. The molecule has 0 bridgehead atoms. The molecule has 1 rings (SSSR count). The summed E-state index contributed by atoms with van der Waals surface area (Å²) in [7, 11) is -6.49. The zero-order chi connectivity index (χ0) is 24.0. The van der Waals surface area contributed by atoms with Crippen LogP contribution in [0.1, 0.15) is 80.1 Å². The van der Waals surface area contributed by atoms with Gasteiger partial charge in [-0.3, -0.25) is 0 Å². The molecule has 0 saturated carbocycles. The Labute approximate surface area is 198 Å². The minimum absolute atomic E-state index is 0.290. The first-order chi connectivity index (χ1) is 15.4. The second-order valence-electron chi connectivity index (χ2n) is 8.27. The molecular formula is C24H47N4O2PS. The highest BCUT2D eigenvalue weighted by Crippen LogP contribution is 2.61. The third-order valence-electron chi connectivity index (χ3n) is 5.29. The van der Waals surface area contributed by atoms with Crippen molar-refractivity contribution in [2.75, 3.05) is 39.3 Å². The van der Waals surface area contributed by atoms with Crippen molar-refractivity contribution in [1.29, 1.82) is 0 Å². The molecule has 0 aliphatic carbocycles. The van der Waals surface area contributed by atoms with Gasteiger partial charge in [0.2, 0.25) is 0 Å². The quantitative estimate of drug-likeness (QED) is 0.230. The first-order valence-electron chi connectivity index (χ1n) is 12.6. The predicted octanol–water partition coefficient (Wildman–Crippen LogP) is 6.69. The normalized spacial score (nSPS) is 12.8. The van der Waals surface area contributed by atoms with Crippen LogP contribution in [-0.2, 0) is 10.0 Å². The minimum Gasteiger partial charge on any atom is -0.245 e. The van der Waals surface area contributed by atoms with Crippen molar-refractivity contribution in [2.45, 2.75) is 85.0 Å². The molecule has 186 valence electrons. The molecule has 0 radical (unpaired) electrons. The van der Waals surface area contributed by atoms with Gasteiger partial charge in [-0.2, -0.15) is 8.42 Å². The number of hydrogen-bond acceptors (Lipinski definition) is 2. The van der Waals surface area contributed by atoms with E-state index in [1.807, 2.05) is 6.07 Å². The van der Waals surface area contributed by atoms with Gasteiger partial charge in [0.05, 0.1) is 4.90 Å². The van der Waals surface area contributed by atoms with Crippen molar-refractivity contribution in [3.05, 3.63) is 30.3 Å². The first kappa shape index (κ1) is 29.3. The molecule has 0 heterocycles. The van der Waals surface area contributed by atoms with Crippen molar-refractivity contribution in [3.63, 3.8) is 0 Å². The molecule has 8 heteroatoms. The molecule has 0 aromatic heterocycles. The standard InChI is InChI=1S/C24H47N4O2PS/c1-7-18-26(19-8-2)31(27(20-9-3)21-10-4,28(22-11-5)23-12-6)25-32(29,30)24-16-14-13-15-17-24/h13-17H,7-12,18-23H2,1-6H3. The highest BCUT2D eigenvalue weighted by atomic mass is 32.2. The summed E-state index contributed by atoms with van der Waals surface area (Å²) in [6, 6.07) is 8.76. The molecule has 1 aromatic rings. The SMILES string of the molecule is CCCN(CCC)P(=NS(=O)(=O)c1ccccc1)(N(CCC)CCC)N(CCC)CCC. The third kappa shape index (κ3) is 7.66. The maximum atomic E-state index is 13.8. The molecule has 0 spiro atoms. The van der Waals surface area contributed by atoms with Crippen LogP contribution in [0, 0.1) is 0 Å². The van der Waals surface area contributed by atoms with Gasteiger partial charge in [-0.1, -0.05) is 59.7 Å². The molecule has 6 nitrogen and oxygen atoms in total. The van der Waals surface area contributed by atoms with Crippen molar-refractivity contribution < 1.29 is 8.42 Å². The lowest BCUT2D eigenvalue weighted by molar-refractivity contribution is 0.303. The van der Waals surface area contributed by atoms with E-state index in [1.54, 1.807) is 24.3 Å². The molecule has 32 heavy (non-hydrogen) atoms. The van der Waals surface area contributed by atoms with Crippen LogP contribution >= 0.6 is 7.51 Å². The van der Waals surface area contributed by atoms with E-state index >= 15 is 0 Å². The van der Waals surface area contributed by atoms with E-state index in [1.165, 1.54) is 0 Å². The van der Waals surface area contributed by atoms with E-state index in [-0.39, 0.29) is 0 Å². The van der Waals surface area contributed by atoms with Crippen LogP contribution in [0.15, 0.2) is 39.4 Å². The average molecular weight is 487 g/mol. The van der Waals surface area contributed by atoms with Crippen molar-refractivity contribution in [2.24, 2.45) is 4.15 Å². The second-order valence-corrected chi connectivity index (χ2v) is 13.1. The summed E-state index contributed by atoms with van der Waals surface area (Å²) in [6.07, 6.45) is 5.84. The highest BCUT2D eigenvalue weighted by Gasteiger charge is 2.41. The Bertz CT molecular complexity index is 721. The topological polar surface area (TPSA) is 56.2 Å². The summed E-state index contributed by atoms with van der Waals surface area (Å²) in [6.45, 7) is 18.2. The lowest BCUT2D eigenvalue weighted by Gasteiger charge is -2.49. The minimum atomic E-state index is -3.81. The van der Waals surface area contributed by atoms with Crippen LogP contribution in [0.4, 0.5) is 0 Å². The lowest BCUT2D eigenvalue weighted by Crippen LogP contribution is -2.43. The Balaban J connectivity index is 4.03. The van der Waals surface area contributed by atoms with E-state index in [9.17, 15) is 8.42 Å². The fourth-order valence-corrected chi connectivity index (χ4v) is 11.3. The van der Waals surface area contributed by atoms with Crippen molar-refractivity contribution in [1.82, 2.24) is 14.0 Å². The fraction of sp³-hybridized carbons (Fsp3) is 0.750. The van der Waals surface area contributed by atoms with Gasteiger partial charge in [-0.15, -0.1) is 4.15 Å². The zero-order valence-corrected chi connectivity index (χ0v) is 23.0. The Hall–Kier alpha value is -0.720. The third-order valence-corrected chi connectivity index (χ3v) is 11.4. The molecule has 0 atom stereocenters. The van der Waals surface area contributed by atoms with Gasteiger partial charge in [-0.05, 0) is 50.7 Å². The predicted molar refractivity (Wildman–Crippen MR) is 139 cm³/mol. The number of sulfonamides is 1. The number of benzene rings is 1. The van der Waals surface area contributed by atoms with Crippen LogP contribution in [0.2, 0.25) is 0 Å². The van der Waals surface area contributed by atoms with Gasteiger partial charge in [0, 0.05) is 39.3 Å². The summed E-state index contributed by atoms with van der Waals surface area (Å²) in [5.74, 6) is 0. The smallest absolute Gasteiger partial charge is 0.245 e. The number of rotatable bonds is 17. The maximum Gasteiger partial charge on any atom is 0.284 e. The van der Waals surface area contributed by atoms with E-state index in [2.05, 4.69) is 55.6 Å². The van der Waals surface area contributed by atoms with Gasteiger partial charge in [0.15, 0.2) is 7.51 Å². The number of nitrogens with zero attached hydrogens (tertiary/aromatic N) is 4. The van der Waals surface area contributed by atoms with Crippen LogP contribution in [0.5, 0.6) is 0 Å². The Morgan fingerprint density at radius 1 is 0.625 bits per heavy atom. The largest absolute Gasteiger partial charge is 0.284 e. The molecule has 0 N–H and O–H groups in total. The van der Waals surface area contributed by atoms with Crippen molar-refractivity contribution >= 4 is 17.5 Å². The van der Waals surface area contributed by atoms with Crippen LogP contribution in [-0.4, -0.2) is 61.7 Å². The molecular weight excluding hydrogens is 439 g/mol. The highest BCUT2D eigenvalue weighted by molar-refractivity contribution is 7.93. The van der Waals surface area contributed by atoms with Crippen LogP contribution in [0.3, 0.4) is 0 Å². The summed E-state index contributed by atoms with van der Waals surface area (Å²) in [4.78, 5) is 0.290. The van der Waals surface area contributed by atoms with Crippen LogP contribution in [0.25, 0.3) is 0 Å². The Morgan fingerprint density at radius 3 is 1.22 bits per heavy atom. The van der Waals surface area contributed by atoms with Gasteiger partial charge in [-0.25, -0.2) is 14.0 Å². The zero-order valence-electron chi connectivity index (χ0n) is 21.3. The second kappa shape index (κ2) is 15.2. The van der Waals surface area contributed by atoms with Gasteiger partial charge >= 0.3 is 0 Å². The molecule has 0 aliphatic heterocycles. The molecule has 0 aliphatic rings. The molecule has 0 fully saturated rings. The number of hydrogen-bond donors (Lipinski definition) is 0. The average Bonchev–Trinajstić information content (AvgIpc) is 2.78. The maximum absolute atomic E-state index is 13.8. The Morgan fingerprint density at radius 2 is 0.938 bits per heavy atom. The van der Waals surface area contributed by atoms with E-state index in [4.69, 9.17) is 4.15 Å². The summed E-state index contributed by atoms with van der Waals surface area (Å²) < 4.78 is 39.8. The van der Waals surface area contributed by atoms with Crippen LogP contribution < -0.4 is 0 Å². The van der Waals surface area contributed by atoms with E-state index in [0.29, 0.717) is 4.90 Å². The van der Waals surface area contributed by atoms with Gasteiger partial charge in [0.25, 0.3) is 10.0 Å². The fourth-order valence-electron chi connectivity index (χ4n) is 4.16. The van der Waals surface area contributed by atoms with Crippen molar-refractivity contribution in [3.8, 4) is 0 Å². The van der Waals surface area contributed by atoms with E-state index in [0.717, 1.165) is 77.8 Å². The lowest BCUT2D eigenvalue weighted by atomic mass is 10.4. The van der Waals surface area contributed by atoms with Gasteiger partial charge < -0.3 is 0 Å².